The van der Waals surface area contributed by atoms with Gasteiger partial charge in [0.2, 0.25) is 0 Å². The quantitative estimate of drug-likeness (QED) is 0.739. The van der Waals surface area contributed by atoms with E-state index in [4.69, 9.17) is 10.5 Å². The van der Waals surface area contributed by atoms with Gasteiger partial charge in [-0.1, -0.05) is 6.07 Å². The number of nitrogens with two attached hydrogens (primary N) is 1. The number of hydrogen-bond donors (Lipinski definition) is 2. The predicted molar refractivity (Wildman–Crippen MR) is 58.6 cm³/mol. The molecule has 0 saturated carbocycles. The Labute approximate surface area is 89.9 Å². The van der Waals surface area contributed by atoms with Crippen molar-refractivity contribution in [3.05, 3.63) is 28.8 Å². The van der Waals surface area contributed by atoms with Gasteiger partial charge in [0.05, 0.1) is 13.2 Å². The Balaban J connectivity index is 2.17. The van der Waals surface area contributed by atoms with Crippen LogP contribution in [-0.4, -0.2) is 11.7 Å². The molecule has 3 heteroatoms. The molecule has 0 amide bonds. The SMILES string of the molecule is NCCCCc1c(O)ccc2c1COC2. The smallest absolute Gasteiger partial charge is 0.119 e. The molecule has 1 aliphatic heterocycles. The highest BCUT2D eigenvalue weighted by atomic mass is 16.5. The predicted octanol–water partition coefficient (Wildman–Crippen LogP) is 1.70. The first-order valence-electron chi connectivity index (χ1n) is 5.43. The Kier molecular flexibility index (Phi) is 3.23. The van der Waals surface area contributed by atoms with Crippen molar-refractivity contribution < 1.29 is 9.84 Å². The highest BCUT2D eigenvalue weighted by Gasteiger charge is 2.17. The van der Waals surface area contributed by atoms with Crippen LogP contribution >= 0.6 is 0 Å². The normalized spacial score (nSPS) is 14.2. The van der Waals surface area contributed by atoms with E-state index in [2.05, 4.69) is 0 Å². The van der Waals surface area contributed by atoms with E-state index in [1.807, 2.05) is 6.07 Å². The molecule has 1 aromatic carbocycles. The van der Waals surface area contributed by atoms with Crippen molar-refractivity contribution in [1.29, 1.82) is 0 Å². The summed E-state index contributed by atoms with van der Waals surface area (Å²) in [6.45, 7) is 2.04. The van der Waals surface area contributed by atoms with E-state index >= 15 is 0 Å². The number of fused-ring (bicyclic) bond motifs is 1. The molecule has 0 aromatic heterocycles. The molecule has 1 heterocycles. The molecule has 1 aromatic rings. The maximum atomic E-state index is 9.79. The van der Waals surface area contributed by atoms with Gasteiger partial charge in [0.1, 0.15) is 5.75 Å². The maximum Gasteiger partial charge on any atom is 0.119 e. The van der Waals surface area contributed by atoms with E-state index in [0.717, 1.165) is 24.8 Å². The van der Waals surface area contributed by atoms with Crippen molar-refractivity contribution in [2.45, 2.75) is 32.5 Å². The molecule has 1 aliphatic rings. The molecule has 0 unspecified atom stereocenters. The van der Waals surface area contributed by atoms with E-state index in [0.29, 0.717) is 25.5 Å². The van der Waals surface area contributed by atoms with Crippen LogP contribution in [0.1, 0.15) is 29.5 Å². The first kappa shape index (κ1) is 10.5. The van der Waals surface area contributed by atoms with Gasteiger partial charge in [-0.2, -0.15) is 0 Å². The second-order valence-electron chi connectivity index (χ2n) is 3.94. The summed E-state index contributed by atoms with van der Waals surface area (Å²) in [5, 5.41) is 9.79. The van der Waals surface area contributed by atoms with Crippen LogP contribution in [0.15, 0.2) is 12.1 Å². The molecular weight excluding hydrogens is 190 g/mol. The molecule has 0 bridgehead atoms. The Morgan fingerprint density at radius 1 is 1.27 bits per heavy atom. The molecular formula is C12H17NO2. The molecule has 0 saturated heterocycles. The lowest BCUT2D eigenvalue weighted by molar-refractivity contribution is 0.134. The Hall–Kier alpha value is -1.06. The average Bonchev–Trinajstić information content (AvgIpc) is 2.69. The van der Waals surface area contributed by atoms with Gasteiger partial charge in [0.15, 0.2) is 0 Å². The van der Waals surface area contributed by atoms with Crippen LogP contribution in [0.3, 0.4) is 0 Å². The lowest BCUT2D eigenvalue weighted by atomic mass is 9.98. The number of phenolic OH excluding ortho intramolecular Hbond substituents is 1. The zero-order valence-electron chi connectivity index (χ0n) is 8.83. The van der Waals surface area contributed by atoms with Gasteiger partial charge in [-0.15, -0.1) is 0 Å². The van der Waals surface area contributed by atoms with E-state index < -0.39 is 0 Å². The van der Waals surface area contributed by atoms with Crippen LogP contribution in [0.25, 0.3) is 0 Å². The van der Waals surface area contributed by atoms with Crippen LogP contribution in [0.5, 0.6) is 5.75 Å². The number of unbranched alkanes of at least 4 members (excludes halogenated alkanes) is 1. The minimum Gasteiger partial charge on any atom is -0.508 e. The second kappa shape index (κ2) is 4.64. The molecule has 0 aliphatic carbocycles. The zero-order chi connectivity index (χ0) is 10.7. The van der Waals surface area contributed by atoms with Crippen LogP contribution in [0.4, 0.5) is 0 Å². The molecule has 0 radical (unpaired) electrons. The fourth-order valence-corrected chi connectivity index (χ4v) is 2.03. The third-order valence-electron chi connectivity index (χ3n) is 2.89. The van der Waals surface area contributed by atoms with Gasteiger partial charge in [-0.25, -0.2) is 0 Å². The monoisotopic (exact) mass is 207 g/mol. The summed E-state index contributed by atoms with van der Waals surface area (Å²) in [6, 6.07) is 3.72. The fraction of sp³-hybridized carbons (Fsp3) is 0.500. The van der Waals surface area contributed by atoms with Gasteiger partial charge in [0, 0.05) is 0 Å². The standard InChI is InChI=1S/C12H17NO2/c13-6-2-1-3-10-11-8-15-7-9(11)4-5-12(10)14/h4-5,14H,1-3,6-8,13H2. The van der Waals surface area contributed by atoms with Crippen LogP contribution in [-0.2, 0) is 24.4 Å². The summed E-state index contributed by atoms with van der Waals surface area (Å²) < 4.78 is 5.38. The van der Waals surface area contributed by atoms with Crippen LogP contribution in [0, 0.1) is 0 Å². The first-order chi connectivity index (χ1) is 7.33. The summed E-state index contributed by atoms with van der Waals surface area (Å²) >= 11 is 0. The lowest BCUT2D eigenvalue weighted by Gasteiger charge is -2.09. The number of ether oxygens (including phenoxy) is 1. The van der Waals surface area contributed by atoms with Crippen molar-refractivity contribution in [3.63, 3.8) is 0 Å². The van der Waals surface area contributed by atoms with Crippen LogP contribution < -0.4 is 5.73 Å². The van der Waals surface area contributed by atoms with E-state index in [9.17, 15) is 5.11 Å². The van der Waals surface area contributed by atoms with Gasteiger partial charge < -0.3 is 15.6 Å². The summed E-state index contributed by atoms with van der Waals surface area (Å²) in [5.74, 6) is 0.399. The fourth-order valence-electron chi connectivity index (χ4n) is 2.03. The van der Waals surface area contributed by atoms with Gasteiger partial charge >= 0.3 is 0 Å². The molecule has 82 valence electrons. The van der Waals surface area contributed by atoms with Crippen molar-refractivity contribution in [3.8, 4) is 5.75 Å². The molecule has 15 heavy (non-hydrogen) atoms. The number of benzene rings is 1. The third-order valence-corrected chi connectivity index (χ3v) is 2.89. The summed E-state index contributed by atoms with van der Waals surface area (Å²) in [6.07, 6.45) is 2.93. The van der Waals surface area contributed by atoms with E-state index in [1.54, 1.807) is 6.07 Å². The average molecular weight is 207 g/mol. The first-order valence-corrected chi connectivity index (χ1v) is 5.43. The highest BCUT2D eigenvalue weighted by Crippen LogP contribution is 2.31. The minimum atomic E-state index is 0.399. The van der Waals surface area contributed by atoms with Crippen molar-refractivity contribution in [1.82, 2.24) is 0 Å². The van der Waals surface area contributed by atoms with Crippen molar-refractivity contribution >= 4 is 0 Å². The topological polar surface area (TPSA) is 55.5 Å². The van der Waals surface area contributed by atoms with Crippen LogP contribution in [0.2, 0.25) is 0 Å². The van der Waals surface area contributed by atoms with Crippen molar-refractivity contribution in [2.24, 2.45) is 5.73 Å². The Morgan fingerprint density at radius 3 is 2.93 bits per heavy atom. The summed E-state index contributed by atoms with van der Waals surface area (Å²) in [4.78, 5) is 0. The molecule has 2 rings (SSSR count). The summed E-state index contributed by atoms with van der Waals surface area (Å²) in [5.41, 5.74) is 8.92. The van der Waals surface area contributed by atoms with Crippen molar-refractivity contribution in [2.75, 3.05) is 6.54 Å². The zero-order valence-corrected chi connectivity index (χ0v) is 8.83. The second-order valence-corrected chi connectivity index (χ2v) is 3.94. The molecule has 0 fully saturated rings. The number of hydrogen-bond acceptors (Lipinski definition) is 3. The number of phenols is 1. The largest absolute Gasteiger partial charge is 0.508 e. The highest BCUT2D eigenvalue weighted by molar-refractivity contribution is 5.45. The van der Waals surface area contributed by atoms with E-state index in [1.165, 1.54) is 11.1 Å². The Bertz CT molecular complexity index is 350. The molecule has 3 N–H and O–H groups in total. The maximum absolute atomic E-state index is 9.79. The van der Waals surface area contributed by atoms with Gasteiger partial charge in [-0.05, 0) is 48.6 Å². The Morgan fingerprint density at radius 2 is 2.13 bits per heavy atom. The molecule has 0 spiro atoms. The third kappa shape index (κ3) is 2.13. The number of aromatic hydroxyl groups is 1. The van der Waals surface area contributed by atoms with E-state index in [-0.39, 0.29) is 0 Å². The molecule has 3 nitrogen and oxygen atoms in total. The van der Waals surface area contributed by atoms with Gasteiger partial charge in [-0.3, -0.25) is 0 Å². The lowest BCUT2D eigenvalue weighted by Crippen LogP contribution is -2.00. The summed E-state index contributed by atoms with van der Waals surface area (Å²) in [7, 11) is 0. The number of rotatable bonds is 4. The van der Waals surface area contributed by atoms with Gasteiger partial charge in [0.25, 0.3) is 0 Å². The minimum absolute atomic E-state index is 0.399. The molecule has 0 atom stereocenters.